The Morgan fingerprint density at radius 2 is 1.87 bits per heavy atom. The molecular formula is C22H30N4O4S. The normalized spacial score (nSPS) is 20.8. The summed E-state index contributed by atoms with van der Waals surface area (Å²) in [5.74, 6) is -0.168. The number of ether oxygens (including phenoxy) is 1. The van der Waals surface area contributed by atoms with E-state index in [-0.39, 0.29) is 22.8 Å². The van der Waals surface area contributed by atoms with Gasteiger partial charge < -0.3 is 10.1 Å². The van der Waals surface area contributed by atoms with Gasteiger partial charge in [0.1, 0.15) is 4.90 Å². The van der Waals surface area contributed by atoms with Crippen LogP contribution >= 0.6 is 0 Å². The van der Waals surface area contributed by atoms with E-state index in [0.29, 0.717) is 43.9 Å². The summed E-state index contributed by atoms with van der Waals surface area (Å²) in [6.45, 7) is 5.46. The first kappa shape index (κ1) is 22.0. The average molecular weight is 447 g/mol. The fraction of sp³-hybridized carbons (Fsp3) is 0.545. The van der Waals surface area contributed by atoms with Crippen molar-refractivity contribution in [2.45, 2.75) is 50.5 Å². The lowest BCUT2D eigenvalue weighted by Gasteiger charge is -2.30. The van der Waals surface area contributed by atoms with Crippen LogP contribution in [0.3, 0.4) is 0 Å². The van der Waals surface area contributed by atoms with Gasteiger partial charge >= 0.3 is 0 Å². The maximum Gasteiger partial charge on any atom is 0.246 e. The number of hydrogen-bond acceptors (Lipinski definition) is 5. The van der Waals surface area contributed by atoms with Gasteiger partial charge in [-0.3, -0.25) is 4.79 Å². The lowest BCUT2D eigenvalue weighted by molar-refractivity contribution is -0.126. The molecule has 3 heterocycles. The van der Waals surface area contributed by atoms with Crippen molar-refractivity contribution in [3.8, 4) is 5.69 Å². The molecule has 1 amide bonds. The number of para-hydroxylation sites is 1. The molecule has 0 unspecified atom stereocenters. The quantitative estimate of drug-likeness (QED) is 0.734. The van der Waals surface area contributed by atoms with E-state index in [9.17, 15) is 13.2 Å². The number of nitrogens with one attached hydrogen (secondary N) is 1. The highest BCUT2D eigenvalue weighted by molar-refractivity contribution is 7.89. The summed E-state index contributed by atoms with van der Waals surface area (Å²) in [7, 11) is -3.69. The van der Waals surface area contributed by atoms with Gasteiger partial charge in [-0.05, 0) is 51.7 Å². The lowest BCUT2D eigenvalue weighted by atomic mass is 9.97. The number of carbonyl (C=O) groups is 1. The zero-order chi connectivity index (χ0) is 22.0. The molecule has 0 aliphatic carbocycles. The molecule has 1 aromatic carbocycles. The molecule has 2 saturated heterocycles. The molecule has 2 aliphatic rings. The molecule has 4 rings (SSSR count). The van der Waals surface area contributed by atoms with E-state index in [2.05, 4.69) is 10.4 Å². The second-order valence-electron chi connectivity index (χ2n) is 8.31. The van der Waals surface area contributed by atoms with E-state index in [1.165, 1.54) is 4.31 Å². The van der Waals surface area contributed by atoms with Gasteiger partial charge in [-0.25, -0.2) is 13.1 Å². The van der Waals surface area contributed by atoms with Crippen LogP contribution in [0, 0.1) is 19.8 Å². The van der Waals surface area contributed by atoms with E-state index in [1.807, 2.05) is 30.3 Å². The highest BCUT2D eigenvalue weighted by Gasteiger charge is 2.35. The summed E-state index contributed by atoms with van der Waals surface area (Å²) < 4.78 is 35.5. The Morgan fingerprint density at radius 1 is 1.16 bits per heavy atom. The smallest absolute Gasteiger partial charge is 0.246 e. The van der Waals surface area contributed by atoms with Crippen molar-refractivity contribution in [2.75, 3.05) is 26.2 Å². The first-order valence-corrected chi connectivity index (χ1v) is 12.3. The van der Waals surface area contributed by atoms with Crippen molar-refractivity contribution in [2.24, 2.45) is 5.92 Å². The standard InChI is InChI=1S/C22H30N4O4S/c1-16-21(17(2)26(24-16)19-7-4-3-5-8-19)31(28,29)25-12-10-18(11-13-25)22(27)23-15-20-9-6-14-30-20/h3-5,7-8,18,20H,6,9-15H2,1-2H3,(H,23,27)/t20-/m1/s1. The number of aryl methyl sites for hydroxylation is 1. The molecule has 2 aliphatic heterocycles. The van der Waals surface area contributed by atoms with Crippen LogP contribution in [0.5, 0.6) is 0 Å². The number of amides is 1. The first-order chi connectivity index (χ1) is 14.9. The molecule has 0 radical (unpaired) electrons. The van der Waals surface area contributed by atoms with Crippen LogP contribution in [0.1, 0.15) is 37.1 Å². The van der Waals surface area contributed by atoms with Crippen molar-refractivity contribution in [1.29, 1.82) is 0 Å². The molecule has 1 N–H and O–H groups in total. The molecule has 0 bridgehead atoms. The van der Waals surface area contributed by atoms with E-state index in [0.717, 1.165) is 25.1 Å². The highest BCUT2D eigenvalue weighted by atomic mass is 32.2. The Kier molecular flexibility index (Phi) is 6.45. The fourth-order valence-corrected chi connectivity index (χ4v) is 6.30. The Morgan fingerprint density at radius 3 is 2.52 bits per heavy atom. The summed E-state index contributed by atoms with van der Waals surface area (Å²) in [4.78, 5) is 12.8. The van der Waals surface area contributed by atoms with Crippen molar-refractivity contribution >= 4 is 15.9 Å². The summed E-state index contributed by atoms with van der Waals surface area (Å²) in [5.41, 5.74) is 1.91. The minimum atomic E-state index is -3.69. The second-order valence-corrected chi connectivity index (χ2v) is 10.2. The Labute approximate surface area is 183 Å². The minimum absolute atomic E-state index is 0.00296. The third kappa shape index (κ3) is 4.53. The number of piperidine rings is 1. The molecule has 1 atom stereocenters. The third-order valence-electron chi connectivity index (χ3n) is 6.18. The van der Waals surface area contributed by atoms with Crippen LogP contribution in [-0.2, 0) is 19.6 Å². The van der Waals surface area contributed by atoms with E-state index in [1.54, 1.807) is 18.5 Å². The minimum Gasteiger partial charge on any atom is -0.376 e. The monoisotopic (exact) mass is 446 g/mol. The zero-order valence-corrected chi connectivity index (χ0v) is 18.9. The highest BCUT2D eigenvalue weighted by Crippen LogP contribution is 2.29. The van der Waals surface area contributed by atoms with Crippen molar-refractivity contribution in [3.05, 3.63) is 41.7 Å². The van der Waals surface area contributed by atoms with Gasteiger partial charge in [0.2, 0.25) is 15.9 Å². The summed E-state index contributed by atoms with van der Waals surface area (Å²) in [6.07, 6.45) is 3.16. The predicted molar refractivity (Wildman–Crippen MR) is 117 cm³/mol. The predicted octanol–water partition coefficient (Wildman–Crippen LogP) is 2.19. The van der Waals surface area contributed by atoms with E-state index in [4.69, 9.17) is 4.74 Å². The van der Waals surface area contributed by atoms with Gasteiger partial charge in [0.05, 0.1) is 23.2 Å². The number of benzene rings is 1. The maximum atomic E-state index is 13.4. The van der Waals surface area contributed by atoms with E-state index < -0.39 is 10.0 Å². The van der Waals surface area contributed by atoms with Gasteiger partial charge in [-0.2, -0.15) is 9.40 Å². The van der Waals surface area contributed by atoms with Gasteiger partial charge in [-0.15, -0.1) is 0 Å². The molecule has 2 aromatic rings. The number of aromatic nitrogens is 2. The van der Waals surface area contributed by atoms with Crippen molar-refractivity contribution in [3.63, 3.8) is 0 Å². The molecule has 0 saturated carbocycles. The van der Waals surface area contributed by atoms with Crippen LogP contribution in [-0.4, -0.2) is 60.8 Å². The number of carbonyl (C=O) groups excluding carboxylic acids is 1. The zero-order valence-electron chi connectivity index (χ0n) is 18.1. The molecule has 1 aromatic heterocycles. The summed E-state index contributed by atoms with van der Waals surface area (Å²) in [5, 5.41) is 7.46. The van der Waals surface area contributed by atoms with Crippen LogP contribution in [0.25, 0.3) is 5.69 Å². The SMILES string of the molecule is Cc1nn(-c2ccccc2)c(C)c1S(=O)(=O)N1CCC(C(=O)NC[C@H]2CCCO2)CC1. The number of nitrogens with zero attached hydrogens (tertiary/aromatic N) is 3. The second kappa shape index (κ2) is 9.10. The topological polar surface area (TPSA) is 93.5 Å². The number of hydrogen-bond donors (Lipinski definition) is 1. The number of sulfonamides is 1. The molecule has 9 heteroatoms. The van der Waals surface area contributed by atoms with Crippen LogP contribution in [0.15, 0.2) is 35.2 Å². The molecule has 0 spiro atoms. The Balaban J connectivity index is 1.42. The van der Waals surface area contributed by atoms with Crippen LogP contribution in [0.2, 0.25) is 0 Å². The molecule has 31 heavy (non-hydrogen) atoms. The van der Waals surface area contributed by atoms with Gasteiger partial charge in [0.25, 0.3) is 0 Å². The fourth-order valence-electron chi connectivity index (χ4n) is 4.47. The molecule has 2 fully saturated rings. The maximum absolute atomic E-state index is 13.4. The summed E-state index contributed by atoms with van der Waals surface area (Å²) in [6, 6.07) is 9.50. The van der Waals surface area contributed by atoms with Crippen molar-refractivity contribution in [1.82, 2.24) is 19.4 Å². The average Bonchev–Trinajstić information content (AvgIpc) is 3.40. The van der Waals surface area contributed by atoms with E-state index >= 15 is 0 Å². The van der Waals surface area contributed by atoms with Gasteiger partial charge in [0, 0.05) is 32.2 Å². The Hall–Kier alpha value is -2.23. The van der Waals surface area contributed by atoms with Gasteiger partial charge in [0.15, 0.2) is 0 Å². The first-order valence-electron chi connectivity index (χ1n) is 10.9. The lowest BCUT2D eigenvalue weighted by Crippen LogP contribution is -2.44. The number of rotatable bonds is 6. The molecule has 8 nitrogen and oxygen atoms in total. The third-order valence-corrected chi connectivity index (χ3v) is 8.33. The molecular weight excluding hydrogens is 416 g/mol. The van der Waals surface area contributed by atoms with Crippen molar-refractivity contribution < 1.29 is 17.9 Å². The largest absolute Gasteiger partial charge is 0.376 e. The Bertz CT molecular complexity index is 1020. The molecule has 168 valence electrons. The van der Waals surface area contributed by atoms with Crippen LogP contribution in [0.4, 0.5) is 0 Å². The summed E-state index contributed by atoms with van der Waals surface area (Å²) >= 11 is 0. The van der Waals surface area contributed by atoms with Gasteiger partial charge in [-0.1, -0.05) is 18.2 Å². The van der Waals surface area contributed by atoms with Crippen LogP contribution < -0.4 is 5.32 Å².